The molecule has 0 heterocycles. The predicted octanol–water partition coefficient (Wildman–Crippen LogP) is 1.70. The Bertz CT molecular complexity index is 202. The summed E-state index contributed by atoms with van der Waals surface area (Å²) in [7, 11) is 0. The smallest absolute Gasteiger partial charge is 0.375 e. The van der Waals surface area contributed by atoms with E-state index >= 15 is 0 Å². The van der Waals surface area contributed by atoms with E-state index in [4.69, 9.17) is 4.74 Å². The molecule has 1 saturated carbocycles. The molecular formula is C10H16O3. The lowest BCUT2D eigenvalue weighted by molar-refractivity contribution is -0.158. The van der Waals surface area contributed by atoms with Crippen LogP contribution in [0.25, 0.3) is 0 Å². The Morgan fingerprint density at radius 2 is 1.77 bits per heavy atom. The summed E-state index contributed by atoms with van der Waals surface area (Å²) in [5.41, 5.74) is 0. The maximum Gasteiger partial charge on any atom is 0.375 e. The van der Waals surface area contributed by atoms with Gasteiger partial charge in [0.25, 0.3) is 0 Å². The highest BCUT2D eigenvalue weighted by molar-refractivity contribution is 6.34. The first-order chi connectivity index (χ1) is 6.11. The number of ether oxygens (including phenoxy) is 1. The van der Waals surface area contributed by atoms with E-state index in [0.29, 0.717) is 0 Å². The summed E-state index contributed by atoms with van der Waals surface area (Å²) in [5, 5.41) is 0. The maximum atomic E-state index is 11.4. The third kappa shape index (κ3) is 2.83. The molecule has 0 amide bonds. The molecule has 74 valence electrons. The van der Waals surface area contributed by atoms with E-state index in [-0.39, 0.29) is 17.8 Å². The van der Waals surface area contributed by atoms with Crippen LogP contribution in [0.4, 0.5) is 0 Å². The van der Waals surface area contributed by atoms with E-state index in [1.54, 1.807) is 13.8 Å². The summed E-state index contributed by atoms with van der Waals surface area (Å²) < 4.78 is 4.84. The maximum absolute atomic E-state index is 11.4. The first-order valence-corrected chi connectivity index (χ1v) is 4.86. The van der Waals surface area contributed by atoms with Crippen LogP contribution in [0.5, 0.6) is 0 Å². The SMILES string of the molecule is CC(C)OC(=O)C(=O)C1CCCC1. The Hall–Kier alpha value is -0.860. The molecule has 0 unspecified atom stereocenters. The summed E-state index contributed by atoms with van der Waals surface area (Å²) >= 11 is 0. The van der Waals surface area contributed by atoms with Crippen LogP contribution < -0.4 is 0 Å². The van der Waals surface area contributed by atoms with Crippen molar-refractivity contribution in [1.82, 2.24) is 0 Å². The summed E-state index contributed by atoms with van der Waals surface area (Å²) in [5.74, 6) is -1.04. The van der Waals surface area contributed by atoms with Gasteiger partial charge in [0, 0.05) is 5.92 Å². The van der Waals surface area contributed by atoms with Crippen molar-refractivity contribution < 1.29 is 14.3 Å². The Morgan fingerprint density at radius 3 is 2.23 bits per heavy atom. The van der Waals surface area contributed by atoms with Crippen LogP contribution in [0.3, 0.4) is 0 Å². The highest BCUT2D eigenvalue weighted by Crippen LogP contribution is 2.25. The number of hydrogen-bond donors (Lipinski definition) is 0. The van der Waals surface area contributed by atoms with Gasteiger partial charge in [0.1, 0.15) is 0 Å². The first kappa shape index (κ1) is 10.2. The van der Waals surface area contributed by atoms with Crippen molar-refractivity contribution in [3.63, 3.8) is 0 Å². The topological polar surface area (TPSA) is 43.4 Å². The van der Waals surface area contributed by atoms with Gasteiger partial charge in [-0.05, 0) is 26.7 Å². The summed E-state index contributed by atoms with van der Waals surface area (Å²) in [6.07, 6.45) is 3.63. The quantitative estimate of drug-likeness (QED) is 0.495. The highest BCUT2D eigenvalue weighted by Gasteiger charge is 2.29. The first-order valence-electron chi connectivity index (χ1n) is 4.86. The van der Waals surface area contributed by atoms with Crippen LogP contribution in [-0.4, -0.2) is 17.9 Å². The van der Waals surface area contributed by atoms with Crippen LogP contribution in [0.2, 0.25) is 0 Å². The molecule has 1 aliphatic carbocycles. The van der Waals surface area contributed by atoms with E-state index < -0.39 is 5.97 Å². The molecule has 0 aromatic heterocycles. The Balaban J connectivity index is 2.41. The summed E-state index contributed by atoms with van der Waals surface area (Å²) in [4.78, 5) is 22.6. The minimum atomic E-state index is -0.651. The molecule has 1 rings (SSSR count). The molecule has 0 N–H and O–H groups in total. The highest BCUT2D eigenvalue weighted by atomic mass is 16.5. The van der Waals surface area contributed by atoms with E-state index in [9.17, 15) is 9.59 Å². The standard InChI is InChI=1S/C10H16O3/c1-7(2)13-10(12)9(11)8-5-3-4-6-8/h7-8H,3-6H2,1-2H3. The molecule has 0 aliphatic heterocycles. The zero-order valence-electron chi connectivity index (χ0n) is 8.21. The Kier molecular flexibility index (Phi) is 3.46. The fourth-order valence-corrected chi connectivity index (χ4v) is 1.63. The number of carbonyl (C=O) groups excluding carboxylic acids is 2. The third-order valence-electron chi connectivity index (χ3n) is 2.27. The van der Waals surface area contributed by atoms with Crippen molar-refractivity contribution >= 4 is 11.8 Å². The van der Waals surface area contributed by atoms with Crippen LogP contribution in [0.1, 0.15) is 39.5 Å². The number of Topliss-reactive ketones (excluding diaryl/α,β-unsaturated/α-hetero) is 1. The average molecular weight is 184 g/mol. The Morgan fingerprint density at radius 1 is 1.23 bits per heavy atom. The summed E-state index contributed by atoms with van der Waals surface area (Å²) in [6, 6.07) is 0. The molecule has 1 aliphatic rings. The number of esters is 1. The lowest BCUT2D eigenvalue weighted by Gasteiger charge is -2.09. The van der Waals surface area contributed by atoms with Crippen molar-refractivity contribution in [2.45, 2.75) is 45.6 Å². The van der Waals surface area contributed by atoms with Gasteiger partial charge < -0.3 is 4.74 Å². The average Bonchev–Trinajstić information content (AvgIpc) is 2.53. The molecular weight excluding hydrogens is 168 g/mol. The number of carbonyl (C=O) groups is 2. The number of ketones is 1. The van der Waals surface area contributed by atoms with Gasteiger partial charge in [-0.25, -0.2) is 4.79 Å². The van der Waals surface area contributed by atoms with E-state index in [1.165, 1.54) is 0 Å². The monoisotopic (exact) mass is 184 g/mol. The zero-order valence-corrected chi connectivity index (χ0v) is 8.21. The fourth-order valence-electron chi connectivity index (χ4n) is 1.63. The molecule has 0 bridgehead atoms. The summed E-state index contributed by atoms with van der Waals surface area (Å²) in [6.45, 7) is 3.50. The number of rotatable bonds is 3. The molecule has 1 fully saturated rings. The van der Waals surface area contributed by atoms with Gasteiger partial charge in [-0.15, -0.1) is 0 Å². The van der Waals surface area contributed by atoms with Crippen LogP contribution in [0, 0.1) is 5.92 Å². The minimum absolute atomic E-state index is 0.0637. The molecule has 0 atom stereocenters. The number of hydrogen-bond acceptors (Lipinski definition) is 3. The molecule has 0 radical (unpaired) electrons. The van der Waals surface area contributed by atoms with Gasteiger partial charge in [0.05, 0.1) is 6.10 Å². The molecule has 0 spiro atoms. The van der Waals surface area contributed by atoms with Gasteiger partial charge >= 0.3 is 5.97 Å². The second-order valence-electron chi connectivity index (χ2n) is 3.80. The van der Waals surface area contributed by atoms with Gasteiger partial charge in [-0.3, -0.25) is 4.79 Å². The molecule has 3 nitrogen and oxygen atoms in total. The van der Waals surface area contributed by atoms with Gasteiger partial charge in [0.15, 0.2) is 0 Å². The van der Waals surface area contributed by atoms with Gasteiger partial charge in [-0.2, -0.15) is 0 Å². The fraction of sp³-hybridized carbons (Fsp3) is 0.800. The zero-order chi connectivity index (χ0) is 9.84. The molecule has 0 aromatic carbocycles. The van der Waals surface area contributed by atoms with Crippen LogP contribution in [-0.2, 0) is 14.3 Å². The van der Waals surface area contributed by atoms with Crippen molar-refractivity contribution in [3.05, 3.63) is 0 Å². The van der Waals surface area contributed by atoms with E-state index in [0.717, 1.165) is 25.7 Å². The normalized spacial score (nSPS) is 17.8. The van der Waals surface area contributed by atoms with Gasteiger partial charge in [0.2, 0.25) is 5.78 Å². The second-order valence-corrected chi connectivity index (χ2v) is 3.80. The van der Waals surface area contributed by atoms with E-state index in [1.807, 2.05) is 0 Å². The van der Waals surface area contributed by atoms with Crippen molar-refractivity contribution in [3.8, 4) is 0 Å². The minimum Gasteiger partial charge on any atom is -0.457 e. The van der Waals surface area contributed by atoms with Gasteiger partial charge in [-0.1, -0.05) is 12.8 Å². The largest absolute Gasteiger partial charge is 0.457 e. The second kappa shape index (κ2) is 4.40. The molecule has 0 saturated heterocycles. The lowest BCUT2D eigenvalue weighted by Crippen LogP contribution is -2.26. The van der Waals surface area contributed by atoms with Crippen LogP contribution >= 0.6 is 0 Å². The van der Waals surface area contributed by atoms with Crippen LogP contribution in [0.15, 0.2) is 0 Å². The predicted molar refractivity (Wildman–Crippen MR) is 48.2 cm³/mol. The molecule has 0 aromatic rings. The lowest BCUT2D eigenvalue weighted by atomic mass is 10.0. The van der Waals surface area contributed by atoms with E-state index in [2.05, 4.69) is 0 Å². The van der Waals surface area contributed by atoms with Crippen molar-refractivity contribution in [2.75, 3.05) is 0 Å². The molecule has 13 heavy (non-hydrogen) atoms. The van der Waals surface area contributed by atoms with Crippen molar-refractivity contribution in [1.29, 1.82) is 0 Å². The van der Waals surface area contributed by atoms with Crippen molar-refractivity contribution in [2.24, 2.45) is 5.92 Å². The third-order valence-corrected chi connectivity index (χ3v) is 2.27. The molecule has 3 heteroatoms. The Labute approximate surface area is 78.5 Å².